The number of rotatable bonds is 4. The van der Waals surface area contributed by atoms with Crippen LogP contribution in [-0.4, -0.2) is 29.3 Å². The Kier molecular flexibility index (Phi) is 3.51. The number of hydrogen-bond donors (Lipinski definition) is 0. The van der Waals surface area contributed by atoms with Gasteiger partial charge in [0.25, 0.3) is 0 Å². The van der Waals surface area contributed by atoms with Crippen LogP contribution in [0.4, 0.5) is 0 Å². The van der Waals surface area contributed by atoms with Crippen LogP contribution in [0.25, 0.3) is 22.4 Å². The zero-order chi connectivity index (χ0) is 15.6. The Balaban J connectivity index is 1.65. The molecule has 0 atom stereocenters. The van der Waals surface area contributed by atoms with Gasteiger partial charge in [-0.2, -0.15) is 0 Å². The van der Waals surface area contributed by atoms with Crippen LogP contribution in [0.15, 0.2) is 55.4 Å². The van der Waals surface area contributed by atoms with Crippen LogP contribution in [0, 0.1) is 0 Å². The lowest BCUT2D eigenvalue weighted by Gasteiger charge is -2.08. The Bertz CT molecular complexity index is 944. The molecule has 0 fully saturated rings. The van der Waals surface area contributed by atoms with Gasteiger partial charge in [0.1, 0.15) is 18.3 Å². The molecule has 0 unspecified atom stereocenters. The molecule has 4 rings (SSSR count). The Morgan fingerprint density at radius 3 is 2.74 bits per heavy atom. The lowest BCUT2D eigenvalue weighted by atomic mass is 10.2. The molecular weight excluding hydrogens is 312 g/mol. The van der Waals surface area contributed by atoms with Crippen LogP contribution >= 0.6 is 11.6 Å². The summed E-state index contributed by atoms with van der Waals surface area (Å²) in [7, 11) is 0. The largest absolute Gasteiger partial charge is 0.328 e. The fraction of sp³-hybridized carbons (Fsp3) is 0.125. The van der Waals surface area contributed by atoms with Crippen molar-refractivity contribution in [2.45, 2.75) is 13.1 Å². The van der Waals surface area contributed by atoms with Crippen molar-refractivity contribution in [2.75, 3.05) is 0 Å². The summed E-state index contributed by atoms with van der Waals surface area (Å²) >= 11 is 6.02. The van der Waals surface area contributed by atoms with E-state index in [0.29, 0.717) is 5.02 Å². The maximum Gasteiger partial charge on any atom is 0.158 e. The zero-order valence-electron chi connectivity index (χ0n) is 12.2. The van der Waals surface area contributed by atoms with Crippen molar-refractivity contribution in [1.29, 1.82) is 0 Å². The second-order valence-corrected chi connectivity index (χ2v) is 5.61. The first-order valence-electron chi connectivity index (χ1n) is 7.20. The Morgan fingerprint density at radius 2 is 1.87 bits per heavy atom. The molecule has 114 valence electrons. The van der Waals surface area contributed by atoms with Crippen molar-refractivity contribution in [1.82, 2.24) is 29.3 Å². The molecule has 0 aliphatic heterocycles. The summed E-state index contributed by atoms with van der Waals surface area (Å²) in [5.41, 5.74) is 1.74. The SMILES string of the molecule is Clc1ccc2nc(-c3nccn3CCn3cnnc3)ccc2c1. The van der Waals surface area contributed by atoms with E-state index in [4.69, 9.17) is 16.6 Å². The number of nitrogens with zero attached hydrogens (tertiary/aromatic N) is 6. The van der Waals surface area contributed by atoms with Crippen molar-refractivity contribution >= 4 is 22.5 Å². The van der Waals surface area contributed by atoms with E-state index in [2.05, 4.69) is 19.7 Å². The van der Waals surface area contributed by atoms with E-state index in [0.717, 1.165) is 35.5 Å². The van der Waals surface area contributed by atoms with Gasteiger partial charge in [-0.15, -0.1) is 10.2 Å². The number of hydrogen-bond acceptors (Lipinski definition) is 4. The third kappa shape index (κ3) is 2.80. The minimum atomic E-state index is 0.711. The topological polar surface area (TPSA) is 61.4 Å². The van der Waals surface area contributed by atoms with Crippen molar-refractivity contribution in [2.24, 2.45) is 0 Å². The summed E-state index contributed by atoms with van der Waals surface area (Å²) in [6, 6.07) is 9.66. The highest BCUT2D eigenvalue weighted by Gasteiger charge is 2.08. The van der Waals surface area contributed by atoms with Gasteiger partial charge in [0, 0.05) is 35.9 Å². The number of imidazole rings is 1. The maximum atomic E-state index is 6.02. The first kappa shape index (κ1) is 13.9. The summed E-state index contributed by atoms with van der Waals surface area (Å²) in [5, 5.41) is 9.35. The molecule has 3 heterocycles. The smallest absolute Gasteiger partial charge is 0.158 e. The summed E-state index contributed by atoms with van der Waals surface area (Å²) in [6.07, 6.45) is 7.14. The monoisotopic (exact) mass is 324 g/mol. The third-order valence-electron chi connectivity index (χ3n) is 3.66. The molecule has 0 radical (unpaired) electrons. The number of aromatic nitrogens is 6. The summed E-state index contributed by atoms with van der Waals surface area (Å²) in [6.45, 7) is 1.55. The Morgan fingerprint density at radius 1 is 1.00 bits per heavy atom. The molecule has 4 aromatic rings. The standard InChI is InChI=1S/C16H13ClN6/c17-13-2-4-14-12(9-13)1-3-15(21-14)16-18-5-6-23(16)8-7-22-10-19-20-11-22/h1-6,9-11H,7-8H2. The molecular formula is C16H13ClN6. The minimum Gasteiger partial charge on any atom is -0.328 e. The molecule has 6 nitrogen and oxygen atoms in total. The van der Waals surface area contributed by atoms with Crippen LogP contribution in [-0.2, 0) is 13.1 Å². The Hall–Kier alpha value is -2.73. The molecule has 0 aliphatic carbocycles. The molecule has 0 bridgehead atoms. The molecule has 0 amide bonds. The average Bonchev–Trinajstić information content (AvgIpc) is 3.24. The highest BCUT2D eigenvalue weighted by atomic mass is 35.5. The quantitative estimate of drug-likeness (QED) is 0.579. The highest BCUT2D eigenvalue weighted by Crippen LogP contribution is 2.22. The van der Waals surface area contributed by atoms with Gasteiger partial charge in [0.05, 0.1) is 5.52 Å². The van der Waals surface area contributed by atoms with Crippen LogP contribution in [0.2, 0.25) is 5.02 Å². The van der Waals surface area contributed by atoms with Gasteiger partial charge < -0.3 is 9.13 Å². The van der Waals surface area contributed by atoms with E-state index < -0.39 is 0 Å². The van der Waals surface area contributed by atoms with Gasteiger partial charge in [-0.3, -0.25) is 0 Å². The number of pyridine rings is 1. The highest BCUT2D eigenvalue weighted by molar-refractivity contribution is 6.31. The molecule has 3 aromatic heterocycles. The predicted molar refractivity (Wildman–Crippen MR) is 88.0 cm³/mol. The van der Waals surface area contributed by atoms with Gasteiger partial charge in [0.15, 0.2) is 5.82 Å². The van der Waals surface area contributed by atoms with E-state index in [9.17, 15) is 0 Å². The molecule has 0 saturated carbocycles. The number of benzene rings is 1. The molecule has 0 spiro atoms. The lowest BCUT2D eigenvalue weighted by molar-refractivity contribution is 0.580. The van der Waals surface area contributed by atoms with Gasteiger partial charge in [-0.25, -0.2) is 9.97 Å². The van der Waals surface area contributed by atoms with Crippen LogP contribution in [0.5, 0.6) is 0 Å². The van der Waals surface area contributed by atoms with Gasteiger partial charge in [-0.1, -0.05) is 17.7 Å². The zero-order valence-corrected chi connectivity index (χ0v) is 12.9. The van der Waals surface area contributed by atoms with E-state index in [1.165, 1.54) is 0 Å². The van der Waals surface area contributed by atoms with Crippen LogP contribution in [0.3, 0.4) is 0 Å². The van der Waals surface area contributed by atoms with E-state index in [1.54, 1.807) is 18.9 Å². The van der Waals surface area contributed by atoms with Gasteiger partial charge in [-0.05, 0) is 24.3 Å². The van der Waals surface area contributed by atoms with Crippen LogP contribution < -0.4 is 0 Å². The second-order valence-electron chi connectivity index (χ2n) is 5.18. The van der Waals surface area contributed by atoms with Gasteiger partial charge >= 0.3 is 0 Å². The predicted octanol–water partition coefficient (Wildman–Crippen LogP) is 3.04. The van der Waals surface area contributed by atoms with Crippen molar-refractivity contribution < 1.29 is 0 Å². The van der Waals surface area contributed by atoms with Crippen molar-refractivity contribution in [3.63, 3.8) is 0 Å². The first-order chi connectivity index (χ1) is 11.3. The minimum absolute atomic E-state index is 0.711. The molecule has 7 heteroatoms. The summed E-state index contributed by atoms with van der Waals surface area (Å²) in [4.78, 5) is 9.14. The van der Waals surface area contributed by atoms with Gasteiger partial charge in [0.2, 0.25) is 0 Å². The maximum absolute atomic E-state index is 6.02. The van der Waals surface area contributed by atoms with Crippen molar-refractivity contribution in [3.05, 3.63) is 60.4 Å². The molecule has 0 saturated heterocycles. The van der Waals surface area contributed by atoms with E-state index in [-0.39, 0.29) is 0 Å². The lowest BCUT2D eigenvalue weighted by Crippen LogP contribution is -2.07. The molecule has 0 aliphatic rings. The third-order valence-corrected chi connectivity index (χ3v) is 3.90. The second kappa shape index (κ2) is 5.81. The Labute approximate surface area is 137 Å². The number of fused-ring (bicyclic) bond motifs is 1. The first-order valence-corrected chi connectivity index (χ1v) is 7.58. The fourth-order valence-corrected chi connectivity index (χ4v) is 2.69. The molecule has 1 aromatic carbocycles. The molecule has 0 N–H and O–H groups in total. The number of aryl methyl sites for hydroxylation is 2. The summed E-state index contributed by atoms with van der Waals surface area (Å²) < 4.78 is 4.00. The van der Waals surface area contributed by atoms with E-state index >= 15 is 0 Å². The average molecular weight is 325 g/mol. The summed E-state index contributed by atoms with van der Waals surface area (Å²) in [5.74, 6) is 0.843. The van der Waals surface area contributed by atoms with Crippen molar-refractivity contribution in [3.8, 4) is 11.5 Å². The molecule has 23 heavy (non-hydrogen) atoms. The number of halogens is 1. The fourth-order valence-electron chi connectivity index (χ4n) is 2.50. The van der Waals surface area contributed by atoms with Crippen LogP contribution in [0.1, 0.15) is 0 Å². The van der Waals surface area contributed by atoms with E-state index in [1.807, 2.05) is 41.1 Å². The normalized spacial score (nSPS) is 11.2.